The van der Waals surface area contributed by atoms with Crippen LogP contribution >= 0.6 is 0 Å². The molecule has 3 aromatic rings. The van der Waals surface area contributed by atoms with E-state index in [0.29, 0.717) is 42.7 Å². The summed E-state index contributed by atoms with van der Waals surface area (Å²) in [7, 11) is 1.60. The molecule has 1 fully saturated rings. The second-order valence-electron chi connectivity index (χ2n) is 7.13. The van der Waals surface area contributed by atoms with Crippen LogP contribution in [0.25, 0.3) is 11.4 Å². The second kappa shape index (κ2) is 8.45. The lowest BCUT2D eigenvalue weighted by Crippen LogP contribution is -2.48. The maximum Gasteiger partial charge on any atom is 0.254 e. The van der Waals surface area contributed by atoms with Crippen LogP contribution in [0.2, 0.25) is 0 Å². The Morgan fingerprint density at radius 2 is 1.90 bits per heavy atom. The molecule has 29 heavy (non-hydrogen) atoms. The van der Waals surface area contributed by atoms with E-state index in [9.17, 15) is 4.79 Å². The van der Waals surface area contributed by atoms with Crippen LogP contribution in [0, 0.1) is 6.92 Å². The number of rotatable bonds is 5. The van der Waals surface area contributed by atoms with E-state index in [0.717, 1.165) is 24.2 Å². The minimum Gasteiger partial charge on any atom is -0.497 e. The van der Waals surface area contributed by atoms with Crippen molar-refractivity contribution in [3.8, 4) is 17.1 Å². The molecule has 1 saturated heterocycles. The molecule has 1 aliphatic rings. The molecule has 1 aromatic heterocycles. The molecule has 0 bridgehead atoms. The third-order valence-corrected chi connectivity index (χ3v) is 5.19. The molecule has 0 atom stereocenters. The van der Waals surface area contributed by atoms with Gasteiger partial charge in [-0.3, -0.25) is 9.69 Å². The van der Waals surface area contributed by atoms with E-state index in [4.69, 9.17) is 9.26 Å². The summed E-state index contributed by atoms with van der Waals surface area (Å²) < 4.78 is 10.7. The first kappa shape index (κ1) is 19.1. The van der Waals surface area contributed by atoms with Crippen LogP contribution < -0.4 is 4.74 Å². The first-order chi connectivity index (χ1) is 14.1. The fourth-order valence-corrected chi connectivity index (χ4v) is 3.49. The van der Waals surface area contributed by atoms with E-state index in [-0.39, 0.29) is 5.91 Å². The van der Waals surface area contributed by atoms with E-state index < -0.39 is 0 Å². The number of hydrogen-bond acceptors (Lipinski definition) is 6. The van der Waals surface area contributed by atoms with Crippen LogP contribution in [-0.4, -0.2) is 59.1 Å². The number of ether oxygens (including phenoxy) is 1. The maximum absolute atomic E-state index is 12.7. The third-order valence-electron chi connectivity index (χ3n) is 5.19. The summed E-state index contributed by atoms with van der Waals surface area (Å²) in [5.74, 6) is 1.93. The van der Waals surface area contributed by atoms with Gasteiger partial charge in [-0.05, 0) is 30.7 Å². The Kier molecular flexibility index (Phi) is 5.57. The van der Waals surface area contributed by atoms with Crippen molar-refractivity contribution in [3.05, 3.63) is 65.5 Å². The molecular weight excluding hydrogens is 368 g/mol. The number of amides is 1. The van der Waals surface area contributed by atoms with Crippen molar-refractivity contribution in [2.45, 2.75) is 13.5 Å². The van der Waals surface area contributed by atoms with Crippen molar-refractivity contribution in [3.63, 3.8) is 0 Å². The molecular formula is C22H24N4O3. The summed E-state index contributed by atoms with van der Waals surface area (Å²) in [6, 6.07) is 15.3. The number of hydrogen-bond donors (Lipinski definition) is 0. The fraction of sp³-hybridized carbons (Fsp3) is 0.318. The number of methoxy groups -OCH3 is 1. The van der Waals surface area contributed by atoms with Crippen molar-refractivity contribution in [1.29, 1.82) is 0 Å². The molecule has 2 aromatic carbocycles. The quantitative estimate of drug-likeness (QED) is 0.665. The van der Waals surface area contributed by atoms with Crippen molar-refractivity contribution in [2.75, 3.05) is 33.3 Å². The minimum atomic E-state index is 0.0307. The number of piperazine rings is 1. The van der Waals surface area contributed by atoms with Gasteiger partial charge in [-0.2, -0.15) is 4.98 Å². The molecule has 0 N–H and O–H groups in total. The molecule has 7 nitrogen and oxygen atoms in total. The Balaban J connectivity index is 1.34. The number of carbonyl (C=O) groups excluding carboxylic acids is 1. The zero-order valence-electron chi connectivity index (χ0n) is 16.7. The first-order valence-electron chi connectivity index (χ1n) is 9.68. The summed E-state index contributed by atoms with van der Waals surface area (Å²) in [5.41, 5.74) is 2.75. The first-order valence-corrected chi connectivity index (χ1v) is 9.68. The zero-order chi connectivity index (χ0) is 20.2. The van der Waals surface area contributed by atoms with Gasteiger partial charge in [-0.15, -0.1) is 0 Å². The Labute approximate surface area is 169 Å². The molecule has 1 amide bonds. The van der Waals surface area contributed by atoms with Crippen LogP contribution in [0.5, 0.6) is 5.75 Å². The summed E-state index contributed by atoms with van der Waals surface area (Å²) in [6.45, 7) is 5.46. The van der Waals surface area contributed by atoms with Gasteiger partial charge in [-0.1, -0.05) is 35.5 Å². The minimum absolute atomic E-state index is 0.0307. The number of aromatic nitrogens is 2. The van der Waals surface area contributed by atoms with E-state index in [2.05, 4.69) is 15.0 Å². The number of aryl methyl sites for hydroxylation is 1. The van der Waals surface area contributed by atoms with Crippen molar-refractivity contribution >= 4 is 5.91 Å². The topological polar surface area (TPSA) is 71.7 Å². The molecule has 0 aliphatic carbocycles. The lowest BCUT2D eigenvalue weighted by molar-refractivity contribution is 0.0615. The molecule has 2 heterocycles. The summed E-state index contributed by atoms with van der Waals surface area (Å²) in [6.07, 6.45) is 0. The second-order valence-corrected chi connectivity index (χ2v) is 7.13. The molecule has 0 saturated carbocycles. The monoisotopic (exact) mass is 392 g/mol. The Hall–Kier alpha value is -3.19. The van der Waals surface area contributed by atoms with Gasteiger partial charge in [0.25, 0.3) is 5.91 Å². The summed E-state index contributed by atoms with van der Waals surface area (Å²) in [4.78, 5) is 21.4. The third kappa shape index (κ3) is 4.30. The van der Waals surface area contributed by atoms with Crippen LogP contribution in [0.4, 0.5) is 0 Å². The van der Waals surface area contributed by atoms with Gasteiger partial charge in [0.2, 0.25) is 11.7 Å². The molecule has 0 unspecified atom stereocenters. The molecule has 1 aliphatic heterocycles. The van der Waals surface area contributed by atoms with E-state index >= 15 is 0 Å². The molecule has 0 radical (unpaired) electrons. The zero-order valence-corrected chi connectivity index (χ0v) is 16.7. The standard InChI is InChI=1S/C22H24N4O3/c1-16-6-3-4-9-19(16)21-23-20(29-24-21)15-25-10-12-26(13-11-25)22(27)17-7-5-8-18(14-17)28-2/h3-9,14H,10-13,15H2,1-2H3. The normalized spacial score (nSPS) is 14.8. The van der Waals surface area contributed by atoms with Gasteiger partial charge < -0.3 is 14.2 Å². The highest BCUT2D eigenvalue weighted by Crippen LogP contribution is 2.21. The average Bonchev–Trinajstić information content (AvgIpc) is 3.22. The number of benzene rings is 2. The Bertz CT molecular complexity index is 993. The highest BCUT2D eigenvalue weighted by atomic mass is 16.5. The summed E-state index contributed by atoms with van der Waals surface area (Å²) >= 11 is 0. The van der Waals surface area contributed by atoms with Gasteiger partial charge >= 0.3 is 0 Å². The molecule has 150 valence electrons. The predicted octanol–water partition coefficient (Wildman–Crippen LogP) is 3.01. The van der Waals surface area contributed by atoms with E-state index in [1.54, 1.807) is 13.2 Å². The highest BCUT2D eigenvalue weighted by molar-refractivity contribution is 5.94. The maximum atomic E-state index is 12.7. The van der Waals surface area contributed by atoms with E-state index in [1.807, 2.05) is 54.3 Å². The molecule has 0 spiro atoms. The van der Waals surface area contributed by atoms with Gasteiger partial charge in [0, 0.05) is 37.3 Å². The highest BCUT2D eigenvalue weighted by Gasteiger charge is 2.24. The van der Waals surface area contributed by atoms with Crippen LogP contribution in [0.15, 0.2) is 53.1 Å². The van der Waals surface area contributed by atoms with Crippen LogP contribution in [0.1, 0.15) is 21.8 Å². The molecule has 7 heteroatoms. The van der Waals surface area contributed by atoms with Gasteiger partial charge in [0.15, 0.2) is 0 Å². The average molecular weight is 392 g/mol. The largest absolute Gasteiger partial charge is 0.497 e. The van der Waals surface area contributed by atoms with Crippen LogP contribution in [-0.2, 0) is 6.54 Å². The van der Waals surface area contributed by atoms with Crippen molar-refractivity contribution < 1.29 is 14.1 Å². The van der Waals surface area contributed by atoms with Crippen LogP contribution in [0.3, 0.4) is 0 Å². The number of carbonyl (C=O) groups is 1. The van der Waals surface area contributed by atoms with Gasteiger partial charge in [0.05, 0.1) is 13.7 Å². The smallest absolute Gasteiger partial charge is 0.254 e. The lowest BCUT2D eigenvalue weighted by Gasteiger charge is -2.34. The predicted molar refractivity (Wildman–Crippen MR) is 109 cm³/mol. The molecule has 4 rings (SSSR count). The van der Waals surface area contributed by atoms with E-state index in [1.165, 1.54) is 0 Å². The van der Waals surface area contributed by atoms with Gasteiger partial charge in [0.1, 0.15) is 5.75 Å². The fourth-order valence-electron chi connectivity index (χ4n) is 3.49. The Morgan fingerprint density at radius 1 is 1.10 bits per heavy atom. The van der Waals surface area contributed by atoms with Crippen molar-refractivity contribution in [2.24, 2.45) is 0 Å². The van der Waals surface area contributed by atoms with Crippen molar-refractivity contribution in [1.82, 2.24) is 19.9 Å². The summed E-state index contributed by atoms with van der Waals surface area (Å²) in [5, 5.41) is 4.12. The SMILES string of the molecule is COc1cccc(C(=O)N2CCN(Cc3nc(-c4ccccc4C)no3)CC2)c1. The van der Waals surface area contributed by atoms with Gasteiger partial charge in [-0.25, -0.2) is 0 Å². The Morgan fingerprint density at radius 3 is 2.66 bits per heavy atom. The number of nitrogens with zero attached hydrogens (tertiary/aromatic N) is 4. The lowest BCUT2D eigenvalue weighted by atomic mass is 10.1.